The number of para-hydroxylation sites is 4. The molecule has 0 saturated carbocycles. The van der Waals surface area contributed by atoms with Crippen molar-refractivity contribution in [1.29, 1.82) is 10.5 Å². The number of nitriles is 2. The molecule has 0 amide bonds. The Bertz CT molecular complexity index is 3370. The van der Waals surface area contributed by atoms with Gasteiger partial charge in [0.2, 0.25) is 0 Å². The maximum Gasteiger partial charge on any atom is 0.145 e. The first kappa shape index (κ1) is 30.7. The van der Waals surface area contributed by atoms with Crippen LogP contribution in [-0.2, 0) is 0 Å². The van der Waals surface area contributed by atoms with Crippen LogP contribution in [0.5, 0.6) is 0 Å². The number of aromatic nitrogens is 2. The van der Waals surface area contributed by atoms with E-state index < -0.39 is 0 Å². The minimum atomic E-state index is 0.466. The lowest BCUT2D eigenvalue weighted by molar-refractivity contribution is 0.673. The number of benzene rings is 8. The van der Waals surface area contributed by atoms with Gasteiger partial charge in [0.1, 0.15) is 11.2 Å². The quantitative estimate of drug-likeness (QED) is 0.183. The molecule has 0 N–H and O–H groups in total. The molecule has 0 bridgehead atoms. The smallest absolute Gasteiger partial charge is 0.145 e. The van der Waals surface area contributed by atoms with Gasteiger partial charge in [-0.25, -0.2) is 0 Å². The van der Waals surface area contributed by atoms with Crippen molar-refractivity contribution in [3.63, 3.8) is 0 Å². The Morgan fingerprint density at radius 3 is 1.67 bits per heavy atom. The molecule has 0 fully saturated rings. The molecule has 3 heterocycles. The Labute approximate surface area is 315 Å². The van der Waals surface area contributed by atoms with Crippen LogP contribution in [-0.4, -0.2) is 9.13 Å². The molecule has 0 aliphatic carbocycles. The summed E-state index contributed by atoms with van der Waals surface area (Å²) in [6, 6.07) is 63.3. The Hall–Kier alpha value is -7.86. The Balaban J connectivity index is 1.18. The molecule has 5 nitrogen and oxygen atoms in total. The second-order valence-electron chi connectivity index (χ2n) is 14.0. The fourth-order valence-electron chi connectivity index (χ4n) is 8.55. The zero-order valence-electron chi connectivity index (χ0n) is 29.4. The molecule has 11 aromatic rings. The molecule has 5 heteroatoms. The van der Waals surface area contributed by atoms with E-state index in [1.54, 1.807) is 6.07 Å². The molecular formula is C50H28N4O. The van der Waals surface area contributed by atoms with Crippen LogP contribution < -0.4 is 0 Å². The van der Waals surface area contributed by atoms with E-state index in [4.69, 9.17) is 4.42 Å². The van der Waals surface area contributed by atoms with E-state index in [-0.39, 0.29) is 0 Å². The normalized spacial score (nSPS) is 11.6. The fourth-order valence-corrected chi connectivity index (χ4v) is 8.55. The molecule has 3 aromatic heterocycles. The molecule has 254 valence electrons. The molecular weight excluding hydrogens is 673 g/mol. The van der Waals surface area contributed by atoms with Crippen molar-refractivity contribution in [1.82, 2.24) is 9.13 Å². The molecule has 0 unspecified atom stereocenters. The number of hydrogen-bond acceptors (Lipinski definition) is 3. The average molecular weight is 701 g/mol. The summed E-state index contributed by atoms with van der Waals surface area (Å²) in [6.45, 7) is 0. The number of fused-ring (bicyclic) bond motifs is 10. The van der Waals surface area contributed by atoms with Gasteiger partial charge in [0.25, 0.3) is 0 Å². The average Bonchev–Trinajstić information content (AvgIpc) is 3.91. The van der Waals surface area contributed by atoms with Crippen molar-refractivity contribution < 1.29 is 4.42 Å². The molecule has 0 radical (unpaired) electrons. The Morgan fingerprint density at radius 2 is 1.00 bits per heavy atom. The summed E-state index contributed by atoms with van der Waals surface area (Å²) in [4.78, 5) is 0. The standard InChI is InChI=1S/C50H28N4O/c51-29-31-25-32(30-52)27-35(26-31)33-17-19-34(20-18-33)37-22-21-36(28-47(37)54-43-13-5-1-9-38(43)39-10-2-6-14-44(39)54)53-45-15-7-3-12-42(45)49-46(53)24-23-41-40-11-4-8-16-48(40)55-50(41)49/h1-28H. The van der Waals surface area contributed by atoms with Crippen LogP contribution in [0.2, 0.25) is 0 Å². The van der Waals surface area contributed by atoms with Crippen molar-refractivity contribution in [3.05, 3.63) is 181 Å². The first-order valence-corrected chi connectivity index (χ1v) is 18.2. The highest BCUT2D eigenvalue weighted by molar-refractivity contribution is 6.24. The van der Waals surface area contributed by atoms with Gasteiger partial charge in [-0.15, -0.1) is 0 Å². The van der Waals surface area contributed by atoms with E-state index in [1.807, 2.05) is 24.3 Å². The number of furan rings is 1. The lowest BCUT2D eigenvalue weighted by Crippen LogP contribution is -2.01. The van der Waals surface area contributed by atoms with E-state index in [2.05, 4.69) is 161 Å². The topological polar surface area (TPSA) is 70.6 Å². The predicted octanol–water partition coefficient (Wildman–Crippen LogP) is 12.9. The van der Waals surface area contributed by atoms with Crippen molar-refractivity contribution in [3.8, 4) is 45.8 Å². The van der Waals surface area contributed by atoms with Gasteiger partial charge < -0.3 is 13.6 Å². The molecule has 8 aromatic carbocycles. The molecule has 0 spiro atoms. The first-order chi connectivity index (χ1) is 27.2. The van der Waals surface area contributed by atoms with Gasteiger partial charge in [0.15, 0.2) is 0 Å². The zero-order chi connectivity index (χ0) is 36.6. The van der Waals surface area contributed by atoms with Gasteiger partial charge in [0.05, 0.1) is 56.4 Å². The van der Waals surface area contributed by atoms with Gasteiger partial charge in [-0.3, -0.25) is 0 Å². The lowest BCUT2D eigenvalue weighted by atomic mass is 9.96. The van der Waals surface area contributed by atoms with Gasteiger partial charge >= 0.3 is 0 Å². The van der Waals surface area contributed by atoms with Crippen LogP contribution in [0.25, 0.3) is 99.2 Å². The molecule has 0 aliphatic heterocycles. The Morgan fingerprint density at radius 1 is 0.418 bits per heavy atom. The van der Waals surface area contributed by atoms with Gasteiger partial charge in [0, 0.05) is 38.2 Å². The van der Waals surface area contributed by atoms with Crippen LogP contribution >= 0.6 is 0 Å². The summed E-state index contributed by atoms with van der Waals surface area (Å²) >= 11 is 0. The number of nitrogens with zero attached hydrogens (tertiary/aromatic N) is 4. The van der Waals surface area contributed by atoms with Crippen molar-refractivity contribution in [2.45, 2.75) is 0 Å². The van der Waals surface area contributed by atoms with Crippen LogP contribution in [0.15, 0.2) is 174 Å². The van der Waals surface area contributed by atoms with E-state index in [0.29, 0.717) is 11.1 Å². The maximum absolute atomic E-state index is 9.61. The summed E-state index contributed by atoms with van der Waals surface area (Å²) in [5, 5.41) is 26.1. The third-order valence-corrected chi connectivity index (χ3v) is 11.0. The second kappa shape index (κ2) is 11.8. The molecule has 0 atom stereocenters. The summed E-state index contributed by atoms with van der Waals surface area (Å²) in [6.07, 6.45) is 0. The number of hydrogen-bond donors (Lipinski definition) is 0. The number of rotatable bonds is 4. The third-order valence-electron chi connectivity index (χ3n) is 11.0. The molecule has 0 saturated heterocycles. The van der Waals surface area contributed by atoms with Gasteiger partial charge in [-0.2, -0.15) is 10.5 Å². The van der Waals surface area contributed by atoms with E-state index in [9.17, 15) is 10.5 Å². The largest absolute Gasteiger partial charge is 0.455 e. The van der Waals surface area contributed by atoms with Crippen LogP contribution in [0.3, 0.4) is 0 Å². The zero-order valence-corrected chi connectivity index (χ0v) is 29.4. The van der Waals surface area contributed by atoms with E-state index >= 15 is 0 Å². The predicted molar refractivity (Wildman–Crippen MR) is 223 cm³/mol. The molecule has 55 heavy (non-hydrogen) atoms. The van der Waals surface area contributed by atoms with Crippen LogP contribution in [0.4, 0.5) is 0 Å². The summed E-state index contributed by atoms with van der Waals surface area (Å²) < 4.78 is 11.3. The van der Waals surface area contributed by atoms with Crippen molar-refractivity contribution >= 4 is 65.6 Å². The fraction of sp³-hybridized carbons (Fsp3) is 0. The van der Waals surface area contributed by atoms with Crippen LogP contribution in [0, 0.1) is 22.7 Å². The van der Waals surface area contributed by atoms with Crippen molar-refractivity contribution in [2.75, 3.05) is 0 Å². The first-order valence-electron chi connectivity index (χ1n) is 18.2. The van der Waals surface area contributed by atoms with Crippen molar-refractivity contribution in [2.24, 2.45) is 0 Å². The van der Waals surface area contributed by atoms with E-state index in [1.165, 1.54) is 10.8 Å². The minimum Gasteiger partial charge on any atom is -0.455 e. The SMILES string of the molecule is N#Cc1cc(C#N)cc(-c2ccc(-c3ccc(-n4c5ccccc5c5c6oc7ccccc7c6ccc54)cc3-n3c4ccccc4c4ccccc43)cc2)c1. The summed E-state index contributed by atoms with van der Waals surface area (Å²) in [5.74, 6) is 0. The Kier molecular flexibility index (Phi) is 6.61. The monoisotopic (exact) mass is 700 g/mol. The summed E-state index contributed by atoms with van der Waals surface area (Å²) in [5.41, 5.74) is 13.1. The van der Waals surface area contributed by atoms with Gasteiger partial charge in [-0.1, -0.05) is 103 Å². The lowest BCUT2D eigenvalue weighted by Gasteiger charge is -2.18. The highest BCUT2D eigenvalue weighted by Gasteiger charge is 2.21. The third kappa shape index (κ3) is 4.58. The maximum atomic E-state index is 9.61. The van der Waals surface area contributed by atoms with Crippen LogP contribution in [0.1, 0.15) is 11.1 Å². The molecule has 0 aliphatic rings. The minimum absolute atomic E-state index is 0.466. The molecule has 11 rings (SSSR count). The summed E-state index contributed by atoms with van der Waals surface area (Å²) in [7, 11) is 0. The highest BCUT2D eigenvalue weighted by Crippen LogP contribution is 2.43. The highest BCUT2D eigenvalue weighted by atomic mass is 16.3. The van der Waals surface area contributed by atoms with Gasteiger partial charge in [-0.05, 0) is 83.4 Å². The second-order valence-corrected chi connectivity index (χ2v) is 14.0. The van der Waals surface area contributed by atoms with E-state index in [0.717, 1.165) is 88.4 Å².